The first-order chi connectivity index (χ1) is 11.1. The number of benzene rings is 1. The molecule has 1 fully saturated rings. The number of anilines is 1. The second-order valence-electron chi connectivity index (χ2n) is 5.04. The van der Waals surface area contributed by atoms with Crippen LogP contribution in [0.2, 0.25) is 0 Å². The summed E-state index contributed by atoms with van der Waals surface area (Å²) in [6.45, 7) is 6.15. The van der Waals surface area contributed by atoms with Gasteiger partial charge in [-0.3, -0.25) is 19.3 Å². The summed E-state index contributed by atoms with van der Waals surface area (Å²) >= 11 is 0. The van der Waals surface area contributed by atoms with E-state index in [1.54, 1.807) is 19.2 Å². The summed E-state index contributed by atoms with van der Waals surface area (Å²) in [4.78, 5) is 36.3. The molecule has 6 heteroatoms. The summed E-state index contributed by atoms with van der Waals surface area (Å²) in [6.07, 6.45) is 1.38. The SMILES string of the molecule is CC.CNc1cccc(C(=O)N(C=O)C2CCC(=O)NC2)c1C. The molecule has 3 amide bonds. The van der Waals surface area contributed by atoms with Crippen molar-refractivity contribution in [2.75, 3.05) is 18.9 Å². The number of hydrogen-bond donors (Lipinski definition) is 2. The van der Waals surface area contributed by atoms with Crippen LogP contribution in [-0.4, -0.2) is 42.8 Å². The molecule has 0 saturated carbocycles. The quantitative estimate of drug-likeness (QED) is 0.831. The number of nitrogens with one attached hydrogen (secondary N) is 2. The second-order valence-corrected chi connectivity index (χ2v) is 5.04. The van der Waals surface area contributed by atoms with Gasteiger partial charge < -0.3 is 10.6 Å². The van der Waals surface area contributed by atoms with Crippen LogP contribution in [-0.2, 0) is 9.59 Å². The van der Waals surface area contributed by atoms with Gasteiger partial charge in [0, 0.05) is 31.3 Å². The van der Waals surface area contributed by atoms with Crippen molar-refractivity contribution in [1.29, 1.82) is 0 Å². The third kappa shape index (κ3) is 4.31. The molecule has 0 aliphatic carbocycles. The fraction of sp³-hybridized carbons (Fsp3) is 0.471. The zero-order valence-corrected chi connectivity index (χ0v) is 14.2. The largest absolute Gasteiger partial charge is 0.388 e. The van der Waals surface area contributed by atoms with E-state index in [1.165, 1.54) is 4.90 Å². The average Bonchev–Trinajstić information content (AvgIpc) is 2.59. The highest BCUT2D eigenvalue weighted by Crippen LogP contribution is 2.21. The Hall–Kier alpha value is -2.37. The van der Waals surface area contributed by atoms with E-state index in [4.69, 9.17) is 0 Å². The van der Waals surface area contributed by atoms with E-state index in [0.29, 0.717) is 31.4 Å². The van der Waals surface area contributed by atoms with E-state index in [2.05, 4.69) is 10.6 Å². The molecule has 1 heterocycles. The van der Waals surface area contributed by atoms with Crippen LogP contribution in [0.15, 0.2) is 18.2 Å². The summed E-state index contributed by atoms with van der Waals surface area (Å²) < 4.78 is 0. The molecular formula is C17H25N3O3. The van der Waals surface area contributed by atoms with E-state index in [9.17, 15) is 14.4 Å². The van der Waals surface area contributed by atoms with Gasteiger partial charge in [-0.25, -0.2) is 0 Å². The third-order valence-electron chi connectivity index (χ3n) is 3.81. The first-order valence-electron chi connectivity index (χ1n) is 7.90. The van der Waals surface area contributed by atoms with E-state index < -0.39 is 0 Å². The van der Waals surface area contributed by atoms with Gasteiger partial charge in [0.05, 0.1) is 6.04 Å². The first kappa shape index (κ1) is 18.7. The predicted molar refractivity (Wildman–Crippen MR) is 90.3 cm³/mol. The van der Waals surface area contributed by atoms with Crippen LogP contribution in [0.3, 0.4) is 0 Å². The zero-order chi connectivity index (χ0) is 17.4. The lowest BCUT2D eigenvalue weighted by atomic mass is 10.0. The molecule has 2 rings (SSSR count). The van der Waals surface area contributed by atoms with Gasteiger partial charge in [0.2, 0.25) is 12.3 Å². The molecule has 1 aromatic carbocycles. The Morgan fingerprint density at radius 1 is 1.39 bits per heavy atom. The van der Waals surface area contributed by atoms with Crippen LogP contribution in [0.5, 0.6) is 0 Å². The maximum atomic E-state index is 12.6. The molecule has 1 aromatic rings. The Morgan fingerprint density at radius 3 is 2.61 bits per heavy atom. The average molecular weight is 319 g/mol. The molecule has 0 spiro atoms. The van der Waals surface area contributed by atoms with Gasteiger partial charge in [0.15, 0.2) is 0 Å². The minimum Gasteiger partial charge on any atom is -0.388 e. The van der Waals surface area contributed by atoms with Gasteiger partial charge in [0.1, 0.15) is 0 Å². The van der Waals surface area contributed by atoms with Crippen LogP contribution in [0.25, 0.3) is 0 Å². The normalized spacial score (nSPS) is 16.5. The van der Waals surface area contributed by atoms with Crippen LogP contribution in [0.1, 0.15) is 42.6 Å². The molecule has 1 unspecified atom stereocenters. The lowest BCUT2D eigenvalue weighted by molar-refractivity contribution is -0.125. The molecule has 6 nitrogen and oxygen atoms in total. The molecule has 0 bridgehead atoms. The van der Waals surface area contributed by atoms with Crippen molar-refractivity contribution in [2.24, 2.45) is 0 Å². The third-order valence-corrected chi connectivity index (χ3v) is 3.81. The van der Waals surface area contributed by atoms with Crippen molar-refractivity contribution < 1.29 is 14.4 Å². The van der Waals surface area contributed by atoms with E-state index in [1.807, 2.05) is 26.8 Å². The maximum absolute atomic E-state index is 12.6. The highest BCUT2D eigenvalue weighted by atomic mass is 16.2. The van der Waals surface area contributed by atoms with Crippen LogP contribution >= 0.6 is 0 Å². The maximum Gasteiger partial charge on any atom is 0.260 e. The number of hydrogen-bond acceptors (Lipinski definition) is 4. The van der Waals surface area contributed by atoms with Gasteiger partial charge in [-0.15, -0.1) is 0 Å². The lowest BCUT2D eigenvalue weighted by Gasteiger charge is -2.30. The molecule has 1 saturated heterocycles. The van der Waals surface area contributed by atoms with Gasteiger partial charge in [0.25, 0.3) is 5.91 Å². The van der Waals surface area contributed by atoms with Crippen molar-refractivity contribution in [1.82, 2.24) is 10.2 Å². The molecule has 0 radical (unpaired) electrons. The zero-order valence-electron chi connectivity index (χ0n) is 14.2. The van der Waals surface area contributed by atoms with E-state index >= 15 is 0 Å². The van der Waals surface area contributed by atoms with Crippen molar-refractivity contribution in [3.63, 3.8) is 0 Å². The monoisotopic (exact) mass is 319 g/mol. The smallest absolute Gasteiger partial charge is 0.260 e. The molecular weight excluding hydrogens is 294 g/mol. The molecule has 0 aromatic heterocycles. The van der Waals surface area contributed by atoms with Crippen molar-refractivity contribution >= 4 is 23.9 Å². The molecule has 23 heavy (non-hydrogen) atoms. The van der Waals surface area contributed by atoms with Crippen molar-refractivity contribution in [2.45, 2.75) is 39.7 Å². The number of nitrogens with zero attached hydrogens (tertiary/aromatic N) is 1. The van der Waals surface area contributed by atoms with Crippen LogP contribution in [0.4, 0.5) is 5.69 Å². The van der Waals surface area contributed by atoms with Gasteiger partial charge in [-0.1, -0.05) is 19.9 Å². The first-order valence-corrected chi connectivity index (χ1v) is 7.90. The van der Waals surface area contributed by atoms with Crippen LogP contribution in [0, 0.1) is 6.92 Å². The minimum atomic E-state index is -0.333. The minimum absolute atomic E-state index is 0.0436. The predicted octanol–water partition coefficient (Wildman–Crippen LogP) is 1.94. The number of carbonyl (C=O) groups is 3. The Kier molecular flexibility index (Phi) is 7.25. The summed E-state index contributed by atoms with van der Waals surface area (Å²) in [5.41, 5.74) is 2.14. The number of imide groups is 1. The highest BCUT2D eigenvalue weighted by molar-refractivity contribution is 6.02. The fourth-order valence-corrected chi connectivity index (χ4v) is 2.53. The Bertz CT molecular complexity index is 562. The Morgan fingerprint density at radius 2 is 2.09 bits per heavy atom. The summed E-state index contributed by atoms with van der Waals surface area (Å²) in [6, 6.07) is 5.07. The van der Waals surface area contributed by atoms with Gasteiger partial charge in [-0.05, 0) is 31.0 Å². The second kappa shape index (κ2) is 8.92. The number of carbonyl (C=O) groups excluding carboxylic acids is 3. The molecule has 1 aliphatic rings. The molecule has 126 valence electrons. The number of piperidine rings is 1. The van der Waals surface area contributed by atoms with Crippen molar-refractivity contribution in [3.8, 4) is 0 Å². The molecule has 1 atom stereocenters. The molecule has 1 aliphatic heterocycles. The Labute approximate surface area is 137 Å². The van der Waals surface area contributed by atoms with Gasteiger partial charge >= 0.3 is 0 Å². The molecule has 2 N–H and O–H groups in total. The van der Waals surface area contributed by atoms with Crippen LogP contribution < -0.4 is 10.6 Å². The lowest BCUT2D eigenvalue weighted by Crippen LogP contribution is -2.49. The van der Waals surface area contributed by atoms with E-state index in [-0.39, 0.29) is 17.9 Å². The number of rotatable bonds is 4. The summed E-state index contributed by atoms with van der Waals surface area (Å²) in [7, 11) is 1.78. The van der Waals surface area contributed by atoms with E-state index in [0.717, 1.165) is 11.3 Å². The van der Waals surface area contributed by atoms with Crippen molar-refractivity contribution in [3.05, 3.63) is 29.3 Å². The summed E-state index contributed by atoms with van der Waals surface area (Å²) in [5.74, 6) is -0.376. The number of amides is 3. The Balaban J connectivity index is 0.00000127. The summed E-state index contributed by atoms with van der Waals surface area (Å²) in [5, 5.41) is 5.70. The topological polar surface area (TPSA) is 78.5 Å². The van der Waals surface area contributed by atoms with Gasteiger partial charge in [-0.2, -0.15) is 0 Å². The standard InChI is InChI=1S/C15H19N3O3.C2H6/c1-10-12(4-3-5-13(10)16-2)15(21)18(9-19)11-6-7-14(20)17-8-11;1-2/h3-5,9,11,16H,6-8H2,1-2H3,(H,17,20);1-2H3. The highest BCUT2D eigenvalue weighted by Gasteiger charge is 2.29. The fourth-order valence-electron chi connectivity index (χ4n) is 2.53.